The number of sulfonamides is 1. The molecule has 2 aromatic carbocycles. The first-order valence-corrected chi connectivity index (χ1v) is 13.2. The van der Waals surface area contributed by atoms with E-state index in [4.69, 9.17) is 0 Å². The molecule has 0 unspecified atom stereocenters. The van der Waals surface area contributed by atoms with E-state index in [0.29, 0.717) is 6.54 Å². The van der Waals surface area contributed by atoms with Gasteiger partial charge in [0.15, 0.2) is 5.16 Å². The van der Waals surface area contributed by atoms with E-state index in [0.717, 1.165) is 34.9 Å². The van der Waals surface area contributed by atoms with E-state index in [1.165, 1.54) is 41.3 Å². The summed E-state index contributed by atoms with van der Waals surface area (Å²) in [6.45, 7) is 4.78. The van der Waals surface area contributed by atoms with Gasteiger partial charge in [-0.1, -0.05) is 17.8 Å². The Morgan fingerprint density at radius 3 is 2.64 bits per heavy atom. The number of imidazole rings is 1. The number of rotatable bonds is 6. The molecule has 9 heteroatoms. The molecule has 0 atom stereocenters. The Bertz CT molecular complexity index is 1300. The van der Waals surface area contributed by atoms with Crippen LogP contribution in [0.2, 0.25) is 0 Å². The number of carbonyl (C=O) groups excluding carboxylic acids is 1. The molecule has 0 radical (unpaired) electrons. The molecule has 0 bridgehead atoms. The molecule has 0 fully saturated rings. The number of nitrogens with zero attached hydrogens (tertiary/aromatic N) is 4. The fraction of sp³-hybridized carbons (Fsp3) is 0.333. The van der Waals surface area contributed by atoms with Gasteiger partial charge in [-0.15, -0.1) is 0 Å². The Hall–Kier alpha value is -2.62. The van der Waals surface area contributed by atoms with Gasteiger partial charge in [-0.3, -0.25) is 9.36 Å². The minimum Gasteiger partial charge on any atom is -0.311 e. The molecular formula is C24H28N4O3S2. The van der Waals surface area contributed by atoms with E-state index in [2.05, 4.69) is 37.0 Å². The standard InChI is InChI=1S/C24H28N4O3S2/c1-17-7-8-20(14-18(17)2)27-13-11-25-24(27)32-16-23(29)28-12-5-6-19-15-21(9-10-22(19)28)33(30,31)26(3)4/h7-11,13-15H,5-6,12,16H2,1-4H3. The van der Waals surface area contributed by atoms with Crippen molar-refractivity contribution < 1.29 is 13.2 Å². The van der Waals surface area contributed by atoms with E-state index in [1.54, 1.807) is 29.3 Å². The van der Waals surface area contributed by atoms with Crippen molar-refractivity contribution in [3.63, 3.8) is 0 Å². The first-order chi connectivity index (χ1) is 15.7. The average Bonchev–Trinajstić information content (AvgIpc) is 3.27. The Kier molecular flexibility index (Phi) is 6.65. The number of aromatic nitrogens is 2. The highest BCUT2D eigenvalue weighted by molar-refractivity contribution is 7.99. The van der Waals surface area contributed by atoms with Gasteiger partial charge in [0.2, 0.25) is 15.9 Å². The minimum absolute atomic E-state index is 0.0150. The maximum absolute atomic E-state index is 13.1. The van der Waals surface area contributed by atoms with E-state index in [1.807, 2.05) is 10.8 Å². The zero-order valence-corrected chi connectivity index (χ0v) is 20.9. The molecule has 7 nitrogen and oxygen atoms in total. The van der Waals surface area contributed by atoms with Crippen molar-refractivity contribution in [3.8, 4) is 5.69 Å². The van der Waals surface area contributed by atoms with Crippen molar-refractivity contribution >= 4 is 33.4 Å². The van der Waals surface area contributed by atoms with E-state index < -0.39 is 10.0 Å². The number of aryl methyl sites for hydroxylation is 3. The van der Waals surface area contributed by atoms with Gasteiger partial charge in [-0.2, -0.15) is 0 Å². The highest BCUT2D eigenvalue weighted by Gasteiger charge is 2.26. The molecular weight excluding hydrogens is 456 g/mol. The molecule has 1 aliphatic heterocycles. The van der Waals surface area contributed by atoms with Crippen LogP contribution in [0.3, 0.4) is 0 Å². The van der Waals surface area contributed by atoms with Crippen LogP contribution in [0.15, 0.2) is 58.8 Å². The summed E-state index contributed by atoms with van der Waals surface area (Å²) in [5.74, 6) is 0.234. The van der Waals surface area contributed by atoms with Crippen molar-refractivity contribution in [2.75, 3.05) is 31.3 Å². The number of hydrogen-bond acceptors (Lipinski definition) is 5. The smallest absolute Gasteiger partial charge is 0.242 e. The third kappa shape index (κ3) is 4.71. The minimum atomic E-state index is -3.51. The number of hydrogen-bond donors (Lipinski definition) is 0. The Balaban J connectivity index is 1.51. The van der Waals surface area contributed by atoms with Gasteiger partial charge >= 0.3 is 0 Å². The first-order valence-electron chi connectivity index (χ1n) is 10.8. The maximum Gasteiger partial charge on any atom is 0.242 e. The maximum atomic E-state index is 13.1. The third-order valence-electron chi connectivity index (χ3n) is 5.95. The Labute approximate surface area is 199 Å². The second kappa shape index (κ2) is 9.32. The molecule has 1 aliphatic rings. The quantitative estimate of drug-likeness (QED) is 0.498. The lowest BCUT2D eigenvalue weighted by Gasteiger charge is -2.30. The van der Waals surface area contributed by atoms with Crippen molar-refractivity contribution in [2.45, 2.75) is 36.7 Å². The lowest BCUT2D eigenvalue weighted by molar-refractivity contribution is -0.116. The van der Waals surface area contributed by atoms with Gasteiger partial charge in [-0.25, -0.2) is 17.7 Å². The number of benzene rings is 2. The van der Waals surface area contributed by atoms with Gasteiger partial charge in [0.05, 0.1) is 10.6 Å². The molecule has 0 saturated heterocycles. The number of amides is 1. The molecule has 0 saturated carbocycles. The van der Waals surface area contributed by atoms with Gasteiger partial charge in [0.25, 0.3) is 0 Å². The predicted octanol–water partition coefficient (Wildman–Crippen LogP) is 3.81. The fourth-order valence-corrected chi connectivity index (χ4v) is 5.68. The molecule has 0 N–H and O–H groups in total. The average molecular weight is 485 g/mol. The van der Waals surface area contributed by atoms with Gasteiger partial charge in [0, 0.05) is 44.4 Å². The molecule has 0 aliphatic carbocycles. The lowest BCUT2D eigenvalue weighted by atomic mass is 10.0. The fourth-order valence-electron chi connectivity index (χ4n) is 3.88. The topological polar surface area (TPSA) is 75.5 Å². The molecule has 1 aromatic heterocycles. The lowest BCUT2D eigenvalue weighted by Crippen LogP contribution is -2.37. The zero-order valence-electron chi connectivity index (χ0n) is 19.3. The summed E-state index contributed by atoms with van der Waals surface area (Å²) in [5.41, 5.74) is 5.13. The van der Waals surface area contributed by atoms with E-state index in [-0.39, 0.29) is 16.6 Å². The zero-order chi connectivity index (χ0) is 23.8. The van der Waals surface area contributed by atoms with Gasteiger partial charge in [0.1, 0.15) is 0 Å². The largest absolute Gasteiger partial charge is 0.311 e. The number of anilines is 1. The first kappa shape index (κ1) is 23.5. The molecule has 3 aromatic rings. The van der Waals surface area contributed by atoms with Gasteiger partial charge < -0.3 is 4.90 Å². The summed E-state index contributed by atoms with van der Waals surface area (Å²) in [7, 11) is -0.475. The van der Waals surface area contributed by atoms with Crippen LogP contribution in [0.1, 0.15) is 23.1 Å². The normalized spacial score (nSPS) is 13.9. The number of carbonyl (C=O) groups is 1. The molecule has 4 rings (SSSR count). The van der Waals surface area contributed by atoms with E-state index >= 15 is 0 Å². The van der Waals surface area contributed by atoms with Crippen molar-refractivity contribution in [3.05, 3.63) is 65.5 Å². The highest BCUT2D eigenvalue weighted by atomic mass is 32.2. The van der Waals surface area contributed by atoms with Crippen LogP contribution in [0.4, 0.5) is 5.69 Å². The van der Waals surface area contributed by atoms with Crippen LogP contribution < -0.4 is 4.90 Å². The monoisotopic (exact) mass is 484 g/mol. The third-order valence-corrected chi connectivity index (χ3v) is 8.71. The van der Waals surface area contributed by atoms with Crippen LogP contribution >= 0.6 is 11.8 Å². The summed E-state index contributed by atoms with van der Waals surface area (Å²) in [4.78, 5) is 19.6. The second-order valence-corrected chi connectivity index (χ2v) is 11.5. The predicted molar refractivity (Wildman–Crippen MR) is 132 cm³/mol. The molecule has 0 spiro atoms. The summed E-state index contributed by atoms with van der Waals surface area (Å²) in [5, 5.41) is 0.760. The summed E-state index contributed by atoms with van der Waals surface area (Å²) >= 11 is 1.40. The van der Waals surface area contributed by atoms with Crippen LogP contribution in [-0.4, -0.2) is 54.6 Å². The SMILES string of the molecule is Cc1ccc(-n2ccnc2SCC(=O)N2CCCc3cc(S(=O)(=O)N(C)C)ccc32)cc1C. The highest BCUT2D eigenvalue weighted by Crippen LogP contribution is 2.31. The second-order valence-electron chi connectivity index (χ2n) is 8.36. The summed E-state index contributed by atoms with van der Waals surface area (Å²) < 4.78 is 28.2. The Morgan fingerprint density at radius 1 is 1.12 bits per heavy atom. The van der Waals surface area contributed by atoms with Crippen molar-refractivity contribution in [2.24, 2.45) is 0 Å². The summed E-state index contributed by atoms with van der Waals surface area (Å²) in [6.07, 6.45) is 5.19. The summed E-state index contributed by atoms with van der Waals surface area (Å²) in [6, 6.07) is 11.3. The molecule has 1 amide bonds. The van der Waals surface area contributed by atoms with Crippen LogP contribution in [0, 0.1) is 13.8 Å². The van der Waals surface area contributed by atoms with Crippen LogP contribution in [0.25, 0.3) is 5.69 Å². The molecule has 33 heavy (non-hydrogen) atoms. The van der Waals surface area contributed by atoms with Gasteiger partial charge in [-0.05, 0) is 73.7 Å². The number of fused-ring (bicyclic) bond motifs is 1. The van der Waals surface area contributed by atoms with Crippen molar-refractivity contribution in [1.29, 1.82) is 0 Å². The van der Waals surface area contributed by atoms with Crippen LogP contribution in [0.5, 0.6) is 0 Å². The molecule has 2 heterocycles. The van der Waals surface area contributed by atoms with Crippen LogP contribution in [-0.2, 0) is 21.2 Å². The van der Waals surface area contributed by atoms with E-state index in [9.17, 15) is 13.2 Å². The molecule has 174 valence electrons. The Morgan fingerprint density at radius 2 is 1.91 bits per heavy atom. The van der Waals surface area contributed by atoms with Crippen molar-refractivity contribution in [1.82, 2.24) is 13.9 Å². The number of thioether (sulfide) groups is 1.